The number of carbonyl (C=O) groups is 1. The Hall–Kier alpha value is -3.45. The van der Waals surface area contributed by atoms with Crippen molar-refractivity contribution in [1.29, 1.82) is 0 Å². The molecule has 0 bridgehead atoms. The van der Waals surface area contributed by atoms with Crippen molar-refractivity contribution in [2.45, 2.75) is 19.1 Å². The predicted octanol–water partition coefficient (Wildman–Crippen LogP) is 3.40. The van der Waals surface area contributed by atoms with Gasteiger partial charge in [-0.1, -0.05) is 42.5 Å². The lowest BCUT2D eigenvalue weighted by Crippen LogP contribution is -2.14. The molecule has 28 heavy (non-hydrogen) atoms. The van der Waals surface area contributed by atoms with Crippen LogP contribution in [0.25, 0.3) is 10.8 Å². The van der Waals surface area contributed by atoms with Gasteiger partial charge in [0.15, 0.2) is 5.78 Å². The van der Waals surface area contributed by atoms with Crippen molar-refractivity contribution in [2.24, 2.45) is 0 Å². The molecule has 7 nitrogen and oxygen atoms in total. The van der Waals surface area contributed by atoms with E-state index < -0.39 is 11.2 Å². The first-order chi connectivity index (χ1) is 13.5. The van der Waals surface area contributed by atoms with Gasteiger partial charge in [0.1, 0.15) is 18.5 Å². The second-order valence-electron chi connectivity index (χ2n) is 6.33. The van der Waals surface area contributed by atoms with Crippen LogP contribution in [0.1, 0.15) is 22.8 Å². The number of hydrogen-bond donors (Lipinski definition) is 1. The number of ketones is 1. The van der Waals surface area contributed by atoms with E-state index >= 15 is 0 Å². The van der Waals surface area contributed by atoms with Crippen LogP contribution >= 0.6 is 0 Å². The van der Waals surface area contributed by atoms with Gasteiger partial charge in [-0.2, -0.15) is 0 Å². The van der Waals surface area contributed by atoms with Crippen molar-refractivity contribution < 1.29 is 24.6 Å². The summed E-state index contributed by atoms with van der Waals surface area (Å²) in [6, 6.07) is 17.6. The first-order valence-corrected chi connectivity index (χ1v) is 8.60. The summed E-state index contributed by atoms with van der Waals surface area (Å²) in [5.74, 6) is 0.408. The fourth-order valence-corrected chi connectivity index (χ4v) is 2.90. The Morgan fingerprint density at radius 3 is 2.36 bits per heavy atom. The normalized spacial score (nSPS) is 11.8. The van der Waals surface area contributed by atoms with E-state index in [0.29, 0.717) is 16.7 Å². The lowest BCUT2D eigenvalue weighted by molar-refractivity contribution is -0.763. The van der Waals surface area contributed by atoms with Crippen molar-refractivity contribution in [1.82, 2.24) is 0 Å². The highest BCUT2D eigenvalue weighted by molar-refractivity contribution is 5.89. The Kier molecular flexibility index (Phi) is 5.86. The molecule has 0 aliphatic heterocycles. The molecule has 1 atom stereocenters. The zero-order chi connectivity index (χ0) is 20.1. The lowest BCUT2D eigenvalue weighted by atomic mass is 9.97. The summed E-state index contributed by atoms with van der Waals surface area (Å²) in [6.07, 6.45) is -1.18. The molecule has 3 aromatic rings. The molecule has 0 fully saturated rings. The highest BCUT2D eigenvalue weighted by Gasteiger charge is 2.18. The molecule has 7 heteroatoms. The van der Waals surface area contributed by atoms with E-state index in [1.165, 1.54) is 0 Å². The SMILES string of the molecule is COc1ccc2cc(C(O)C(=O)Cc3ccc(CO[N+](=O)[O-])cc3)ccc2c1. The van der Waals surface area contributed by atoms with Crippen LogP contribution in [0.15, 0.2) is 60.7 Å². The van der Waals surface area contributed by atoms with Gasteiger partial charge in [-0.05, 0) is 45.7 Å². The zero-order valence-corrected chi connectivity index (χ0v) is 15.2. The van der Waals surface area contributed by atoms with Crippen molar-refractivity contribution in [3.63, 3.8) is 0 Å². The summed E-state index contributed by atoms with van der Waals surface area (Å²) in [5.41, 5.74) is 1.86. The molecule has 0 radical (unpaired) electrons. The highest BCUT2D eigenvalue weighted by Crippen LogP contribution is 2.25. The van der Waals surface area contributed by atoms with E-state index in [4.69, 9.17) is 4.74 Å². The quantitative estimate of drug-likeness (QED) is 0.474. The standard InChI is InChI=1S/C21H19NO6/c1-27-19-9-8-16-11-18(7-6-17(16)12-19)21(24)20(23)10-14-2-4-15(5-3-14)13-28-22(25)26/h2-9,11-12,21,24H,10,13H2,1H3. The molecule has 0 saturated carbocycles. The molecular formula is C21H19NO6. The second kappa shape index (κ2) is 8.49. The monoisotopic (exact) mass is 381 g/mol. The maximum Gasteiger partial charge on any atom is 0.294 e. The maximum absolute atomic E-state index is 12.5. The molecule has 1 unspecified atom stereocenters. The lowest BCUT2D eigenvalue weighted by Gasteiger charge is -2.12. The van der Waals surface area contributed by atoms with Gasteiger partial charge in [-0.3, -0.25) is 4.79 Å². The number of nitrogens with zero attached hydrogens (tertiary/aromatic N) is 1. The third-order valence-corrected chi connectivity index (χ3v) is 4.43. The maximum atomic E-state index is 12.5. The molecule has 0 heterocycles. The van der Waals surface area contributed by atoms with Gasteiger partial charge in [-0.15, -0.1) is 10.1 Å². The molecule has 3 rings (SSSR count). The van der Waals surface area contributed by atoms with Crippen molar-refractivity contribution in [3.8, 4) is 5.75 Å². The fraction of sp³-hybridized carbons (Fsp3) is 0.190. The number of carbonyl (C=O) groups excluding carboxylic acids is 1. The summed E-state index contributed by atoms with van der Waals surface area (Å²) >= 11 is 0. The Morgan fingerprint density at radius 2 is 1.68 bits per heavy atom. The zero-order valence-electron chi connectivity index (χ0n) is 15.2. The van der Waals surface area contributed by atoms with Gasteiger partial charge in [-0.25, -0.2) is 0 Å². The number of aliphatic hydroxyl groups excluding tert-OH is 1. The molecule has 1 N–H and O–H groups in total. The highest BCUT2D eigenvalue weighted by atomic mass is 16.9. The van der Waals surface area contributed by atoms with Crippen molar-refractivity contribution >= 4 is 16.6 Å². The van der Waals surface area contributed by atoms with E-state index in [2.05, 4.69) is 4.84 Å². The molecule has 0 saturated heterocycles. The fourth-order valence-electron chi connectivity index (χ4n) is 2.90. The van der Waals surface area contributed by atoms with Gasteiger partial charge in [0.2, 0.25) is 0 Å². The summed E-state index contributed by atoms with van der Waals surface area (Å²) < 4.78 is 5.20. The third kappa shape index (κ3) is 4.63. The summed E-state index contributed by atoms with van der Waals surface area (Å²) in [5, 5.41) is 21.7. The molecule has 0 aliphatic rings. The molecule has 0 aromatic heterocycles. The number of benzene rings is 3. The van der Waals surface area contributed by atoms with Crippen LogP contribution in [0.5, 0.6) is 5.75 Å². The molecular weight excluding hydrogens is 362 g/mol. The van der Waals surface area contributed by atoms with E-state index in [9.17, 15) is 20.0 Å². The van der Waals surface area contributed by atoms with Crippen LogP contribution in [-0.2, 0) is 22.7 Å². The summed E-state index contributed by atoms with van der Waals surface area (Å²) in [6.45, 7) is -0.147. The Labute approximate surface area is 161 Å². The average Bonchev–Trinajstić information content (AvgIpc) is 2.71. The third-order valence-electron chi connectivity index (χ3n) is 4.43. The van der Waals surface area contributed by atoms with Gasteiger partial charge < -0.3 is 14.7 Å². The van der Waals surface area contributed by atoms with Crippen LogP contribution in [0, 0.1) is 10.1 Å². The molecule has 0 amide bonds. The van der Waals surface area contributed by atoms with E-state index in [0.717, 1.165) is 16.5 Å². The number of hydrogen-bond acceptors (Lipinski definition) is 6. The number of fused-ring (bicyclic) bond motifs is 1. The number of aliphatic hydroxyl groups is 1. The van der Waals surface area contributed by atoms with Gasteiger partial charge in [0.25, 0.3) is 5.09 Å². The average molecular weight is 381 g/mol. The van der Waals surface area contributed by atoms with Gasteiger partial charge >= 0.3 is 0 Å². The van der Waals surface area contributed by atoms with Gasteiger partial charge in [0, 0.05) is 6.42 Å². The van der Waals surface area contributed by atoms with Crippen LogP contribution in [0.3, 0.4) is 0 Å². The predicted molar refractivity (Wildman–Crippen MR) is 102 cm³/mol. The minimum Gasteiger partial charge on any atom is -0.497 e. The van der Waals surface area contributed by atoms with Crippen molar-refractivity contribution in [3.05, 3.63) is 87.5 Å². The first-order valence-electron chi connectivity index (χ1n) is 8.60. The summed E-state index contributed by atoms with van der Waals surface area (Å²) in [4.78, 5) is 27.0. The van der Waals surface area contributed by atoms with E-state index in [1.807, 2.05) is 24.3 Å². The van der Waals surface area contributed by atoms with Crippen LogP contribution in [0.4, 0.5) is 0 Å². The van der Waals surface area contributed by atoms with Crippen LogP contribution in [-0.4, -0.2) is 23.1 Å². The Bertz CT molecular complexity index is 999. The number of ether oxygens (including phenoxy) is 1. The minimum atomic E-state index is -1.23. The molecule has 3 aromatic carbocycles. The Balaban J connectivity index is 1.68. The summed E-state index contributed by atoms with van der Waals surface area (Å²) in [7, 11) is 1.60. The smallest absolute Gasteiger partial charge is 0.294 e. The van der Waals surface area contributed by atoms with Crippen molar-refractivity contribution in [2.75, 3.05) is 7.11 Å². The van der Waals surface area contributed by atoms with Crippen LogP contribution in [0.2, 0.25) is 0 Å². The number of methoxy groups -OCH3 is 1. The minimum absolute atomic E-state index is 0.0538. The van der Waals surface area contributed by atoms with E-state index in [-0.39, 0.29) is 18.8 Å². The van der Waals surface area contributed by atoms with E-state index in [1.54, 1.807) is 43.5 Å². The molecule has 144 valence electrons. The molecule has 0 aliphatic carbocycles. The van der Waals surface area contributed by atoms with Crippen LogP contribution < -0.4 is 4.74 Å². The molecule has 0 spiro atoms. The van der Waals surface area contributed by atoms with Gasteiger partial charge in [0.05, 0.1) is 7.11 Å². The first kappa shape index (κ1) is 19.3. The largest absolute Gasteiger partial charge is 0.497 e. The second-order valence-corrected chi connectivity index (χ2v) is 6.33. The topological polar surface area (TPSA) is 98.9 Å². The number of rotatable bonds is 8. The number of Topliss-reactive ketones (excluding diaryl/α,β-unsaturated/α-hetero) is 1. The Morgan fingerprint density at radius 1 is 1.04 bits per heavy atom.